The van der Waals surface area contributed by atoms with Gasteiger partial charge in [0.25, 0.3) is 5.56 Å². The first-order valence-corrected chi connectivity index (χ1v) is 15.5. The van der Waals surface area contributed by atoms with Gasteiger partial charge in [0.05, 0.1) is 29.0 Å². The van der Waals surface area contributed by atoms with Crippen molar-refractivity contribution in [1.29, 1.82) is 0 Å². The smallest absolute Gasteiger partial charge is 0.338 e. The summed E-state index contributed by atoms with van der Waals surface area (Å²) >= 11 is 7.38. The number of hydrogen-bond acceptors (Lipinski definition) is 7. The number of methoxy groups -OCH3 is 1. The maximum Gasteiger partial charge on any atom is 0.338 e. The molecule has 1 aromatic heterocycles. The van der Waals surface area contributed by atoms with Gasteiger partial charge in [-0.3, -0.25) is 9.36 Å². The maximum absolute atomic E-state index is 14.1. The molecule has 2 heterocycles. The average Bonchev–Trinajstić information content (AvgIpc) is 3.35. The van der Waals surface area contributed by atoms with Crippen molar-refractivity contribution in [3.8, 4) is 5.75 Å². The zero-order chi connectivity index (χ0) is 30.5. The lowest BCUT2D eigenvalue weighted by Gasteiger charge is -2.25. The van der Waals surface area contributed by atoms with Crippen LogP contribution in [0.3, 0.4) is 0 Å². The van der Waals surface area contributed by atoms with Gasteiger partial charge in [-0.15, -0.1) is 0 Å². The van der Waals surface area contributed by atoms with Crippen LogP contribution in [0.25, 0.3) is 6.08 Å². The van der Waals surface area contributed by atoms with Gasteiger partial charge in [0.1, 0.15) is 12.4 Å². The summed E-state index contributed by atoms with van der Waals surface area (Å²) in [7, 11) is 1.35. The van der Waals surface area contributed by atoms with Gasteiger partial charge in [0.15, 0.2) is 4.80 Å². The van der Waals surface area contributed by atoms with Crippen molar-refractivity contribution in [1.82, 2.24) is 4.57 Å². The number of benzene rings is 3. The van der Waals surface area contributed by atoms with Crippen LogP contribution in [0.4, 0.5) is 5.69 Å². The average molecular weight is 616 g/mol. The fraction of sp³-hybridized carbons (Fsp3) is 0.265. The molecule has 7 nitrogen and oxygen atoms in total. The molecular formula is C34H34ClN3O4S. The topological polar surface area (TPSA) is 73.1 Å². The molecule has 0 radical (unpaired) electrons. The van der Waals surface area contributed by atoms with E-state index in [-0.39, 0.29) is 5.56 Å². The third-order valence-corrected chi connectivity index (χ3v) is 8.72. The van der Waals surface area contributed by atoms with E-state index in [1.165, 1.54) is 18.4 Å². The van der Waals surface area contributed by atoms with E-state index in [4.69, 9.17) is 26.1 Å². The van der Waals surface area contributed by atoms with Gasteiger partial charge in [-0.05, 0) is 61.7 Å². The van der Waals surface area contributed by atoms with Crippen LogP contribution in [-0.4, -0.2) is 30.7 Å². The molecule has 0 fully saturated rings. The Bertz CT molecular complexity index is 1820. The quantitative estimate of drug-likeness (QED) is 0.209. The summed E-state index contributed by atoms with van der Waals surface area (Å²) in [5, 5.41) is 0.665. The number of thiazole rings is 1. The third-order valence-electron chi connectivity index (χ3n) is 7.49. The van der Waals surface area contributed by atoms with Crippen molar-refractivity contribution in [3.63, 3.8) is 0 Å². The van der Waals surface area contributed by atoms with E-state index in [0.717, 1.165) is 35.5 Å². The number of anilines is 1. The van der Waals surface area contributed by atoms with Crippen LogP contribution in [0.5, 0.6) is 5.75 Å². The minimum absolute atomic E-state index is 0.231. The number of fused-ring (bicyclic) bond motifs is 1. The van der Waals surface area contributed by atoms with Crippen molar-refractivity contribution >= 4 is 40.7 Å². The molecule has 0 N–H and O–H groups in total. The molecule has 0 amide bonds. The van der Waals surface area contributed by atoms with Gasteiger partial charge in [0, 0.05) is 35.4 Å². The number of carbonyl (C=O) groups excluding carboxylic acids is 1. The third kappa shape index (κ3) is 6.31. The Morgan fingerprint density at radius 2 is 1.77 bits per heavy atom. The van der Waals surface area contributed by atoms with Crippen molar-refractivity contribution in [2.75, 3.05) is 25.1 Å². The highest BCUT2D eigenvalue weighted by atomic mass is 35.5. The number of esters is 1. The number of nitrogens with zero attached hydrogens (tertiary/aromatic N) is 3. The highest BCUT2D eigenvalue weighted by Gasteiger charge is 2.33. The summed E-state index contributed by atoms with van der Waals surface area (Å²) in [6.45, 7) is 8.22. The number of aromatic nitrogens is 1. The molecule has 0 spiro atoms. The standard InChI is InChI=1S/C34H34ClN3O4S/c1-5-27-30(33(40)41-4)31(23-11-9-8-10-12-23)38-32(39)29(43-34(38)36-27)19-24-15-18-26(37(6-2)7-3)20-28(24)42-21-22-13-16-25(35)17-14-22/h8-20,31H,5-7,21H2,1-4H3/b29-19+/t31-/m0/s1. The fourth-order valence-corrected chi connectivity index (χ4v) is 6.39. The first-order valence-electron chi connectivity index (χ1n) is 14.3. The van der Waals surface area contributed by atoms with Crippen molar-refractivity contribution in [3.05, 3.63) is 125 Å². The predicted octanol–water partition coefficient (Wildman–Crippen LogP) is 5.88. The Morgan fingerprint density at radius 3 is 2.42 bits per heavy atom. The number of allylic oxidation sites excluding steroid dienone is 1. The Kier molecular flexibility index (Phi) is 9.48. The monoisotopic (exact) mass is 615 g/mol. The molecule has 222 valence electrons. The molecule has 1 aliphatic heterocycles. The first kappa shape index (κ1) is 30.3. The second-order valence-corrected chi connectivity index (χ2v) is 11.5. The van der Waals surface area contributed by atoms with E-state index < -0.39 is 12.0 Å². The highest BCUT2D eigenvalue weighted by molar-refractivity contribution is 7.07. The minimum Gasteiger partial charge on any atom is -0.488 e. The molecule has 0 bridgehead atoms. The molecular weight excluding hydrogens is 582 g/mol. The van der Waals surface area contributed by atoms with Gasteiger partial charge in [0.2, 0.25) is 0 Å². The molecule has 5 rings (SSSR count). The number of carbonyl (C=O) groups is 1. The number of rotatable bonds is 10. The second-order valence-electron chi connectivity index (χ2n) is 10.0. The van der Waals surface area contributed by atoms with Gasteiger partial charge in [-0.25, -0.2) is 9.79 Å². The van der Waals surface area contributed by atoms with E-state index in [0.29, 0.717) is 44.4 Å². The zero-order valence-electron chi connectivity index (χ0n) is 24.7. The summed E-state index contributed by atoms with van der Waals surface area (Å²) in [6, 6.07) is 22.5. The molecule has 1 atom stereocenters. The van der Waals surface area contributed by atoms with Crippen LogP contribution in [-0.2, 0) is 16.1 Å². The van der Waals surface area contributed by atoms with Crippen LogP contribution < -0.4 is 24.5 Å². The normalized spacial score (nSPS) is 14.7. The van der Waals surface area contributed by atoms with Crippen LogP contribution >= 0.6 is 22.9 Å². The molecule has 3 aromatic carbocycles. The lowest BCUT2D eigenvalue weighted by Crippen LogP contribution is -2.40. The van der Waals surface area contributed by atoms with Gasteiger partial charge < -0.3 is 14.4 Å². The fourth-order valence-electron chi connectivity index (χ4n) is 5.25. The van der Waals surface area contributed by atoms with Gasteiger partial charge in [-0.1, -0.05) is 72.3 Å². The van der Waals surface area contributed by atoms with E-state index in [9.17, 15) is 9.59 Å². The molecule has 0 unspecified atom stereocenters. The van der Waals surface area contributed by atoms with Crippen LogP contribution in [0, 0.1) is 0 Å². The first-order chi connectivity index (χ1) is 20.9. The molecule has 9 heteroatoms. The predicted molar refractivity (Wildman–Crippen MR) is 173 cm³/mol. The summed E-state index contributed by atoms with van der Waals surface area (Å²) in [5.41, 5.74) is 4.36. The Morgan fingerprint density at radius 1 is 1.05 bits per heavy atom. The summed E-state index contributed by atoms with van der Waals surface area (Å²) in [6.07, 6.45) is 2.37. The summed E-state index contributed by atoms with van der Waals surface area (Å²) in [5.74, 6) is 0.169. The summed E-state index contributed by atoms with van der Waals surface area (Å²) in [4.78, 5) is 34.7. The van der Waals surface area contributed by atoms with E-state index in [1.807, 2.05) is 85.8 Å². The van der Waals surface area contributed by atoms with Gasteiger partial charge >= 0.3 is 5.97 Å². The van der Waals surface area contributed by atoms with E-state index in [2.05, 4.69) is 18.7 Å². The van der Waals surface area contributed by atoms with E-state index in [1.54, 1.807) is 4.57 Å². The lowest BCUT2D eigenvalue weighted by atomic mass is 9.95. The SMILES string of the molecule is CCC1=C(C(=O)OC)[C@H](c2ccccc2)n2c(s/c(=C/c3ccc(N(CC)CC)cc3OCc3ccc(Cl)cc3)c2=O)=N1. The molecule has 1 aliphatic rings. The zero-order valence-corrected chi connectivity index (χ0v) is 26.2. The number of halogens is 1. The lowest BCUT2D eigenvalue weighted by molar-refractivity contribution is -0.136. The second kappa shape index (κ2) is 13.4. The van der Waals surface area contributed by atoms with Gasteiger partial charge in [-0.2, -0.15) is 0 Å². The molecule has 43 heavy (non-hydrogen) atoms. The molecule has 0 saturated heterocycles. The molecule has 0 saturated carbocycles. The van der Waals surface area contributed by atoms with Crippen molar-refractivity contribution < 1.29 is 14.3 Å². The van der Waals surface area contributed by atoms with E-state index >= 15 is 0 Å². The number of hydrogen-bond donors (Lipinski definition) is 0. The Hall–Kier alpha value is -4.14. The van der Waals surface area contributed by atoms with Crippen LogP contribution in [0.15, 0.2) is 93.9 Å². The summed E-state index contributed by atoms with van der Waals surface area (Å²) < 4.78 is 13.6. The highest BCUT2D eigenvalue weighted by Crippen LogP contribution is 2.32. The van der Waals surface area contributed by atoms with Crippen molar-refractivity contribution in [2.45, 2.75) is 39.8 Å². The largest absolute Gasteiger partial charge is 0.488 e. The Labute approximate surface area is 260 Å². The van der Waals surface area contributed by atoms with Crippen LogP contribution in [0.1, 0.15) is 49.9 Å². The van der Waals surface area contributed by atoms with Crippen molar-refractivity contribution in [2.24, 2.45) is 4.99 Å². The maximum atomic E-state index is 14.1. The molecule has 0 aliphatic carbocycles. The number of ether oxygens (including phenoxy) is 2. The molecule has 4 aromatic rings. The van der Waals surface area contributed by atoms with Crippen LogP contribution in [0.2, 0.25) is 5.02 Å². The Balaban J connectivity index is 1.65. The minimum atomic E-state index is -0.646.